The van der Waals surface area contributed by atoms with Gasteiger partial charge in [-0.05, 0) is 56.3 Å². The van der Waals surface area contributed by atoms with Gasteiger partial charge in [0.25, 0.3) is 5.56 Å². The Kier molecular flexibility index (Phi) is 1.89. The fourth-order valence-corrected chi connectivity index (χ4v) is 5.92. The summed E-state index contributed by atoms with van der Waals surface area (Å²) < 4.78 is 2.31. The monoisotopic (exact) mass is 259 g/mol. The van der Waals surface area contributed by atoms with Gasteiger partial charge in [0.15, 0.2) is 0 Å². The van der Waals surface area contributed by atoms with Crippen LogP contribution in [0.25, 0.3) is 0 Å². The normalized spacial score (nSPS) is 42.8. The van der Waals surface area contributed by atoms with Gasteiger partial charge in [-0.25, -0.2) is 0 Å². The van der Waals surface area contributed by atoms with E-state index in [1.54, 1.807) is 0 Å². The smallest absolute Gasteiger partial charge is 0.268 e. The number of aromatic nitrogens is 2. The van der Waals surface area contributed by atoms with Gasteiger partial charge in [0.05, 0.1) is 16.8 Å². The van der Waals surface area contributed by atoms with Crippen molar-refractivity contribution in [1.29, 1.82) is 0 Å². The Morgan fingerprint density at radius 1 is 1.00 bits per heavy atom. The molecule has 5 aliphatic rings. The van der Waals surface area contributed by atoms with E-state index in [9.17, 15) is 4.79 Å². The molecule has 6 rings (SSSR count). The molecule has 4 saturated carbocycles. The van der Waals surface area contributed by atoms with Crippen LogP contribution in [0.1, 0.15) is 49.8 Å². The van der Waals surface area contributed by atoms with Crippen LogP contribution in [-0.4, -0.2) is 9.78 Å². The number of nitrogens with zero attached hydrogens (tertiary/aromatic N) is 1. The number of hydrogen-bond donors (Lipinski definition) is 2. The van der Waals surface area contributed by atoms with Crippen LogP contribution in [0.2, 0.25) is 0 Å². The third-order valence-electron chi connectivity index (χ3n) is 6.18. The molecule has 0 aromatic carbocycles. The van der Waals surface area contributed by atoms with E-state index in [1.807, 2.05) is 0 Å². The topological polar surface area (TPSA) is 49.8 Å². The Labute approximate surface area is 112 Å². The minimum absolute atomic E-state index is 0.149. The summed E-state index contributed by atoms with van der Waals surface area (Å²) in [7, 11) is 0. The summed E-state index contributed by atoms with van der Waals surface area (Å²) in [5, 5.41) is 6.53. The lowest BCUT2D eigenvalue weighted by Crippen LogP contribution is -2.53. The molecule has 4 bridgehead atoms. The highest BCUT2D eigenvalue weighted by Crippen LogP contribution is 2.58. The highest BCUT2D eigenvalue weighted by Gasteiger charge is 2.53. The van der Waals surface area contributed by atoms with E-state index in [4.69, 9.17) is 0 Å². The van der Waals surface area contributed by atoms with Gasteiger partial charge in [-0.15, -0.1) is 0 Å². The van der Waals surface area contributed by atoms with Gasteiger partial charge in [-0.2, -0.15) is 0 Å². The number of nitrogens with one attached hydrogen (secondary N) is 2. The molecule has 0 unspecified atom stereocenters. The molecule has 4 nitrogen and oxygen atoms in total. The van der Waals surface area contributed by atoms with E-state index in [1.165, 1.54) is 44.2 Å². The van der Waals surface area contributed by atoms with Crippen LogP contribution in [0.5, 0.6) is 0 Å². The second kappa shape index (κ2) is 3.35. The van der Waals surface area contributed by atoms with Crippen molar-refractivity contribution in [2.75, 3.05) is 0 Å². The average molecular weight is 259 g/mol. The van der Waals surface area contributed by atoms with E-state index in [-0.39, 0.29) is 11.1 Å². The van der Waals surface area contributed by atoms with E-state index < -0.39 is 0 Å². The first kappa shape index (κ1) is 10.7. The molecule has 4 heteroatoms. The van der Waals surface area contributed by atoms with Crippen LogP contribution in [0.4, 0.5) is 0 Å². The second-order valence-corrected chi connectivity index (χ2v) is 7.45. The summed E-state index contributed by atoms with van der Waals surface area (Å²) in [6.07, 6.45) is 8.25. The predicted octanol–water partition coefficient (Wildman–Crippen LogP) is 1.70. The van der Waals surface area contributed by atoms with Crippen molar-refractivity contribution in [3.8, 4) is 0 Å². The van der Waals surface area contributed by atoms with Crippen molar-refractivity contribution in [3.05, 3.63) is 21.6 Å². The molecular formula is C15H21N3O. The number of rotatable bonds is 1. The van der Waals surface area contributed by atoms with Crippen molar-refractivity contribution in [2.45, 2.75) is 57.2 Å². The van der Waals surface area contributed by atoms with E-state index in [0.29, 0.717) is 0 Å². The summed E-state index contributed by atoms with van der Waals surface area (Å²) >= 11 is 0. The van der Waals surface area contributed by atoms with Gasteiger partial charge in [-0.3, -0.25) is 14.6 Å². The molecule has 19 heavy (non-hydrogen) atoms. The zero-order chi connectivity index (χ0) is 12.6. The molecular weight excluding hydrogens is 238 g/mol. The van der Waals surface area contributed by atoms with Gasteiger partial charge in [0.2, 0.25) is 0 Å². The molecule has 2 N–H and O–H groups in total. The Hall–Kier alpha value is -1.03. The Morgan fingerprint density at radius 2 is 1.63 bits per heavy atom. The lowest BCUT2D eigenvalue weighted by molar-refractivity contribution is -0.0509. The number of H-pyrrole nitrogens is 1. The maximum absolute atomic E-state index is 12.1. The predicted molar refractivity (Wildman–Crippen MR) is 71.7 cm³/mol. The van der Waals surface area contributed by atoms with Crippen LogP contribution in [0.15, 0.2) is 4.79 Å². The highest BCUT2D eigenvalue weighted by molar-refractivity contribution is 5.24. The molecule has 1 aromatic heterocycles. The molecule has 0 amide bonds. The quantitative estimate of drug-likeness (QED) is 0.806. The van der Waals surface area contributed by atoms with Gasteiger partial charge in [0, 0.05) is 13.1 Å². The van der Waals surface area contributed by atoms with Crippen LogP contribution >= 0.6 is 0 Å². The van der Waals surface area contributed by atoms with E-state index in [2.05, 4.69) is 15.1 Å². The Morgan fingerprint density at radius 3 is 2.26 bits per heavy atom. The standard InChI is InChI=1S/C15H21N3O/c19-14-12-7-16-8-13(12)18(17-14)15-4-9-1-10(5-15)3-11(2-9)6-15/h9-11,16H,1-8H2,(H,17,19). The fraction of sp³-hybridized carbons (Fsp3) is 0.800. The zero-order valence-corrected chi connectivity index (χ0v) is 11.2. The van der Waals surface area contributed by atoms with Crippen molar-refractivity contribution in [3.63, 3.8) is 0 Å². The van der Waals surface area contributed by atoms with Crippen LogP contribution in [0, 0.1) is 17.8 Å². The van der Waals surface area contributed by atoms with Crippen LogP contribution < -0.4 is 10.9 Å². The molecule has 4 fully saturated rings. The molecule has 102 valence electrons. The molecule has 0 saturated heterocycles. The van der Waals surface area contributed by atoms with Crippen molar-refractivity contribution < 1.29 is 0 Å². The van der Waals surface area contributed by atoms with Crippen molar-refractivity contribution >= 4 is 0 Å². The third-order valence-corrected chi connectivity index (χ3v) is 6.18. The molecule has 1 aromatic rings. The first-order valence-corrected chi connectivity index (χ1v) is 7.77. The van der Waals surface area contributed by atoms with E-state index in [0.717, 1.165) is 36.4 Å². The SMILES string of the molecule is O=c1[nH]n(C23CC4CC(CC(C4)C2)C3)c2c1CNC2. The molecule has 0 spiro atoms. The maximum atomic E-state index is 12.1. The molecule has 4 aliphatic carbocycles. The molecule has 1 aliphatic heterocycles. The number of hydrogen-bond acceptors (Lipinski definition) is 2. The average Bonchev–Trinajstić information content (AvgIpc) is 2.92. The van der Waals surface area contributed by atoms with Crippen LogP contribution in [-0.2, 0) is 18.6 Å². The maximum Gasteiger partial charge on any atom is 0.268 e. The van der Waals surface area contributed by atoms with Crippen molar-refractivity contribution in [2.24, 2.45) is 17.8 Å². The summed E-state index contributed by atoms with van der Waals surface area (Å²) in [6.45, 7) is 1.62. The molecule has 0 atom stereocenters. The van der Waals surface area contributed by atoms with Gasteiger partial charge < -0.3 is 5.32 Å². The number of fused-ring (bicyclic) bond motifs is 1. The van der Waals surface area contributed by atoms with Gasteiger partial charge >= 0.3 is 0 Å². The van der Waals surface area contributed by atoms with Gasteiger partial charge in [0.1, 0.15) is 0 Å². The fourth-order valence-electron chi connectivity index (χ4n) is 5.92. The van der Waals surface area contributed by atoms with Gasteiger partial charge in [-0.1, -0.05) is 0 Å². The molecule has 0 radical (unpaired) electrons. The Bertz CT molecular complexity index is 562. The minimum Gasteiger partial charge on any atom is -0.307 e. The second-order valence-electron chi connectivity index (χ2n) is 7.45. The summed E-state index contributed by atoms with van der Waals surface area (Å²) in [5.74, 6) is 2.76. The molecule has 2 heterocycles. The Balaban J connectivity index is 1.66. The number of aromatic amines is 1. The first-order chi connectivity index (χ1) is 9.23. The summed E-state index contributed by atoms with van der Waals surface area (Å²) in [4.78, 5) is 12.1. The summed E-state index contributed by atoms with van der Waals surface area (Å²) in [6, 6.07) is 0. The van der Waals surface area contributed by atoms with Crippen molar-refractivity contribution in [1.82, 2.24) is 15.1 Å². The van der Waals surface area contributed by atoms with Crippen LogP contribution in [0.3, 0.4) is 0 Å². The zero-order valence-electron chi connectivity index (χ0n) is 11.2. The first-order valence-electron chi connectivity index (χ1n) is 7.77. The largest absolute Gasteiger partial charge is 0.307 e. The minimum atomic E-state index is 0.149. The third kappa shape index (κ3) is 1.31. The summed E-state index contributed by atoms with van der Waals surface area (Å²) in [5.41, 5.74) is 2.66. The van der Waals surface area contributed by atoms with E-state index >= 15 is 0 Å². The lowest BCUT2D eigenvalue weighted by atomic mass is 9.53. The highest BCUT2D eigenvalue weighted by atomic mass is 16.1. The lowest BCUT2D eigenvalue weighted by Gasteiger charge is -2.57.